The SMILES string of the molecule is CCC(N)C(=O)Nc1cccc(NC(=O)C(C)(C)C)c1. The van der Waals surface area contributed by atoms with E-state index in [1.54, 1.807) is 24.3 Å². The lowest BCUT2D eigenvalue weighted by atomic mass is 9.95. The molecule has 0 spiro atoms. The molecule has 0 saturated heterocycles. The third-order valence-electron chi connectivity index (χ3n) is 2.85. The lowest BCUT2D eigenvalue weighted by Crippen LogP contribution is -2.34. The highest BCUT2D eigenvalue weighted by molar-refractivity contribution is 5.97. The molecule has 0 aliphatic rings. The van der Waals surface area contributed by atoms with Crippen molar-refractivity contribution in [3.63, 3.8) is 0 Å². The average molecular weight is 277 g/mol. The number of rotatable bonds is 4. The second kappa shape index (κ2) is 6.52. The molecule has 5 nitrogen and oxygen atoms in total. The van der Waals surface area contributed by atoms with E-state index in [9.17, 15) is 9.59 Å². The molecule has 5 heteroatoms. The zero-order valence-corrected chi connectivity index (χ0v) is 12.5. The van der Waals surface area contributed by atoms with Crippen LogP contribution in [0.1, 0.15) is 34.1 Å². The molecular formula is C15H23N3O2. The van der Waals surface area contributed by atoms with Crippen molar-refractivity contribution >= 4 is 23.2 Å². The second-order valence-electron chi connectivity index (χ2n) is 5.79. The molecule has 1 atom stereocenters. The summed E-state index contributed by atoms with van der Waals surface area (Å²) >= 11 is 0. The topological polar surface area (TPSA) is 84.2 Å². The van der Waals surface area contributed by atoms with Gasteiger partial charge in [-0.1, -0.05) is 33.8 Å². The highest BCUT2D eigenvalue weighted by Crippen LogP contribution is 2.20. The van der Waals surface area contributed by atoms with Gasteiger partial charge in [0.25, 0.3) is 0 Å². The Kier molecular flexibility index (Phi) is 5.27. The van der Waals surface area contributed by atoms with Crippen LogP contribution in [0.25, 0.3) is 0 Å². The normalized spacial score (nSPS) is 12.7. The van der Waals surface area contributed by atoms with Gasteiger partial charge in [0, 0.05) is 16.8 Å². The molecule has 0 bridgehead atoms. The largest absolute Gasteiger partial charge is 0.326 e. The molecule has 20 heavy (non-hydrogen) atoms. The second-order valence-corrected chi connectivity index (χ2v) is 5.79. The number of benzene rings is 1. The number of amides is 2. The molecule has 0 radical (unpaired) electrons. The summed E-state index contributed by atoms with van der Waals surface area (Å²) in [6.45, 7) is 7.38. The fourth-order valence-corrected chi connectivity index (χ4v) is 1.41. The first-order chi connectivity index (χ1) is 9.24. The van der Waals surface area contributed by atoms with Crippen LogP contribution < -0.4 is 16.4 Å². The van der Waals surface area contributed by atoms with Crippen LogP contribution in [-0.2, 0) is 9.59 Å². The Hall–Kier alpha value is -1.88. The number of nitrogens with one attached hydrogen (secondary N) is 2. The van der Waals surface area contributed by atoms with Crippen molar-refractivity contribution in [2.24, 2.45) is 11.1 Å². The van der Waals surface area contributed by atoms with E-state index in [4.69, 9.17) is 5.73 Å². The van der Waals surface area contributed by atoms with E-state index in [0.29, 0.717) is 17.8 Å². The molecule has 0 aliphatic heterocycles. The van der Waals surface area contributed by atoms with E-state index in [2.05, 4.69) is 10.6 Å². The molecular weight excluding hydrogens is 254 g/mol. The van der Waals surface area contributed by atoms with Crippen molar-refractivity contribution in [1.29, 1.82) is 0 Å². The van der Waals surface area contributed by atoms with Gasteiger partial charge in [0.15, 0.2) is 0 Å². The fraction of sp³-hybridized carbons (Fsp3) is 0.467. The number of anilines is 2. The van der Waals surface area contributed by atoms with Crippen LogP contribution in [0.15, 0.2) is 24.3 Å². The van der Waals surface area contributed by atoms with Gasteiger partial charge < -0.3 is 16.4 Å². The van der Waals surface area contributed by atoms with E-state index < -0.39 is 11.5 Å². The van der Waals surface area contributed by atoms with Crippen LogP contribution in [0.4, 0.5) is 11.4 Å². The summed E-state index contributed by atoms with van der Waals surface area (Å²) in [5.74, 6) is -0.307. The van der Waals surface area contributed by atoms with E-state index in [0.717, 1.165) is 0 Å². The molecule has 2 amide bonds. The summed E-state index contributed by atoms with van der Waals surface area (Å²) in [5, 5.41) is 5.55. The van der Waals surface area contributed by atoms with E-state index in [1.807, 2.05) is 27.7 Å². The minimum atomic E-state index is -0.525. The number of hydrogen-bond acceptors (Lipinski definition) is 3. The molecule has 0 saturated carbocycles. The Balaban J connectivity index is 2.76. The lowest BCUT2D eigenvalue weighted by molar-refractivity contribution is -0.123. The Morgan fingerprint density at radius 1 is 1.20 bits per heavy atom. The van der Waals surface area contributed by atoms with Gasteiger partial charge in [0.1, 0.15) is 0 Å². The summed E-state index contributed by atoms with van der Waals surface area (Å²) in [5.41, 5.74) is 6.45. The summed E-state index contributed by atoms with van der Waals surface area (Å²) in [7, 11) is 0. The molecule has 4 N–H and O–H groups in total. The smallest absolute Gasteiger partial charge is 0.241 e. The zero-order chi connectivity index (χ0) is 15.3. The third kappa shape index (κ3) is 4.66. The van der Waals surface area contributed by atoms with Gasteiger partial charge in [-0.3, -0.25) is 9.59 Å². The summed E-state index contributed by atoms with van der Waals surface area (Å²) in [6, 6.07) is 6.49. The van der Waals surface area contributed by atoms with Crippen molar-refractivity contribution in [3.05, 3.63) is 24.3 Å². The Morgan fingerprint density at radius 2 is 1.75 bits per heavy atom. The maximum atomic E-state index is 11.9. The van der Waals surface area contributed by atoms with Crippen LogP contribution >= 0.6 is 0 Å². The van der Waals surface area contributed by atoms with E-state index in [-0.39, 0.29) is 11.8 Å². The molecule has 0 fully saturated rings. The van der Waals surface area contributed by atoms with Gasteiger partial charge in [-0.2, -0.15) is 0 Å². The predicted octanol–water partition coefficient (Wildman–Crippen LogP) is 2.35. The number of nitrogens with two attached hydrogens (primary N) is 1. The number of carbonyl (C=O) groups is 2. The predicted molar refractivity (Wildman–Crippen MR) is 81.4 cm³/mol. The van der Waals surface area contributed by atoms with Crippen molar-refractivity contribution < 1.29 is 9.59 Å². The summed E-state index contributed by atoms with van der Waals surface area (Å²) in [6.07, 6.45) is 0.576. The molecule has 0 heterocycles. The minimum absolute atomic E-state index is 0.0776. The maximum Gasteiger partial charge on any atom is 0.241 e. The Labute approximate surface area is 119 Å². The lowest BCUT2D eigenvalue weighted by Gasteiger charge is -2.18. The first-order valence-electron chi connectivity index (χ1n) is 6.72. The summed E-state index contributed by atoms with van der Waals surface area (Å²) < 4.78 is 0. The monoisotopic (exact) mass is 277 g/mol. The average Bonchev–Trinajstić information content (AvgIpc) is 2.37. The number of hydrogen-bond donors (Lipinski definition) is 3. The standard InChI is InChI=1S/C15H23N3O2/c1-5-12(16)13(19)17-10-7-6-8-11(9-10)18-14(20)15(2,3)4/h6-9,12H,5,16H2,1-4H3,(H,17,19)(H,18,20). The van der Waals surface area contributed by atoms with Gasteiger partial charge in [-0.15, -0.1) is 0 Å². The van der Waals surface area contributed by atoms with Crippen LogP contribution in [0.2, 0.25) is 0 Å². The van der Waals surface area contributed by atoms with Crippen LogP contribution in [0, 0.1) is 5.41 Å². The van der Waals surface area contributed by atoms with E-state index >= 15 is 0 Å². The molecule has 1 rings (SSSR count). The Morgan fingerprint density at radius 3 is 2.25 bits per heavy atom. The van der Waals surface area contributed by atoms with Crippen LogP contribution in [0.5, 0.6) is 0 Å². The quantitative estimate of drug-likeness (QED) is 0.789. The van der Waals surface area contributed by atoms with Crippen LogP contribution in [0.3, 0.4) is 0 Å². The van der Waals surface area contributed by atoms with Crippen molar-refractivity contribution in [1.82, 2.24) is 0 Å². The molecule has 0 aliphatic carbocycles. The molecule has 110 valence electrons. The minimum Gasteiger partial charge on any atom is -0.326 e. The zero-order valence-electron chi connectivity index (χ0n) is 12.5. The third-order valence-corrected chi connectivity index (χ3v) is 2.85. The Bertz CT molecular complexity index is 492. The summed E-state index contributed by atoms with van der Waals surface area (Å²) in [4.78, 5) is 23.6. The van der Waals surface area contributed by atoms with Crippen LogP contribution in [-0.4, -0.2) is 17.9 Å². The highest BCUT2D eigenvalue weighted by atomic mass is 16.2. The van der Waals surface area contributed by atoms with Gasteiger partial charge >= 0.3 is 0 Å². The first-order valence-corrected chi connectivity index (χ1v) is 6.72. The molecule has 1 aromatic rings. The molecule has 0 aromatic heterocycles. The van der Waals surface area contributed by atoms with Crippen molar-refractivity contribution in [2.45, 2.75) is 40.2 Å². The first kappa shape index (κ1) is 16.2. The number of carbonyl (C=O) groups excluding carboxylic acids is 2. The highest BCUT2D eigenvalue weighted by Gasteiger charge is 2.21. The maximum absolute atomic E-state index is 11.9. The van der Waals surface area contributed by atoms with Gasteiger partial charge in [0.05, 0.1) is 6.04 Å². The van der Waals surface area contributed by atoms with E-state index in [1.165, 1.54) is 0 Å². The molecule has 1 aromatic carbocycles. The van der Waals surface area contributed by atoms with Gasteiger partial charge in [0.2, 0.25) is 11.8 Å². The fourth-order valence-electron chi connectivity index (χ4n) is 1.41. The van der Waals surface area contributed by atoms with Gasteiger partial charge in [-0.25, -0.2) is 0 Å². The molecule has 1 unspecified atom stereocenters. The van der Waals surface area contributed by atoms with Gasteiger partial charge in [-0.05, 0) is 24.6 Å². The van der Waals surface area contributed by atoms with Crippen molar-refractivity contribution in [3.8, 4) is 0 Å². The van der Waals surface area contributed by atoms with Crippen molar-refractivity contribution in [2.75, 3.05) is 10.6 Å².